The Kier molecular flexibility index (Phi) is 6.20. The van der Waals surface area contributed by atoms with Crippen LogP contribution in [0.15, 0.2) is 0 Å². The molecule has 1 fully saturated rings. The highest BCUT2D eigenvalue weighted by molar-refractivity contribution is 7.11. The first-order valence-corrected chi connectivity index (χ1v) is 9.26. The molecule has 0 bridgehead atoms. The molecule has 1 heterocycles. The number of thiazole rings is 1. The molecule has 0 radical (unpaired) electrons. The molecule has 21 heavy (non-hydrogen) atoms. The van der Waals surface area contributed by atoms with Gasteiger partial charge in [0, 0.05) is 18.0 Å². The van der Waals surface area contributed by atoms with E-state index in [1.54, 1.807) is 11.3 Å². The molecule has 0 amide bonds. The minimum Gasteiger partial charge on any atom is -0.368 e. The van der Waals surface area contributed by atoms with Crippen molar-refractivity contribution < 1.29 is 4.74 Å². The summed E-state index contributed by atoms with van der Waals surface area (Å²) in [6.07, 6.45) is 8.38. The lowest BCUT2D eigenvalue weighted by Gasteiger charge is -2.30. The third-order valence-corrected chi connectivity index (χ3v) is 5.59. The Morgan fingerprint density at radius 1 is 1.24 bits per heavy atom. The summed E-state index contributed by atoms with van der Waals surface area (Å²) in [5.41, 5.74) is 7.01. The number of ether oxygens (including phenoxy) is 1. The Morgan fingerprint density at radius 3 is 2.43 bits per heavy atom. The third kappa shape index (κ3) is 4.05. The van der Waals surface area contributed by atoms with Crippen LogP contribution in [0.3, 0.4) is 0 Å². The van der Waals surface area contributed by atoms with Gasteiger partial charge in [-0.3, -0.25) is 0 Å². The molecule has 0 saturated heterocycles. The minimum absolute atomic E-state index is 0.144. The minimum atomic E-state index is -0.144. The van der Waals surface area contributed by atoms with Crippen molar-refractivity contribution in [2.24, 2.45) is 11.7 Å². The van der Waals surface area contributed by atoms with E-state index >= 15 is 0 Å². The van der Waals surface area contributed by atoms with E-state index in [0.29, 0.717) is 12.5 Å². The van der Waals surface area contributed by atoms with E-state index in [9.17, 15) is 0 Å². The highest BCUT2D eigenvalue weighted by Gasteiger charge is 2.37. The summed E-state index contributed by atoms with van der Waals surface area (Å²) in [4.78, 5) is 6.24. The fourth-order valence-electron chi connectivity index (χ4n) is 3.28. The van der Waals surface area contributed by atoms with E-state index in [0.717, 1.165) is 25.9 Å². The first-order valence-electron chi connectivity index (χ1n) is 8.44. The van der Waals surface area contributed by atoms with Crippen LogP contribution in [0.4, 0.5) is 0 Å². The van der Waals surface area contributed by atoms with Gasteiger partial charge in [0.05, 0.1) is 5.69 Å². The van der Waals surface area contributed by atoms with Crippen LogP contribution in [0.1, 0.15) is 74.9 Å². The van der Waals surface area contributed by atoms with Crippen molar-refractivity contribution in [3.63, 3.8) is 0 Å². The molecular weight excluding hydrogens is 280 g/mol. The number of nitrogens with two attached hydrogens (primary N) is 1. The Labute approximate surface area is 133 Å². The molecule has 0 aromatic carbocycles. The lowest BCUT2D eigenvalue weighted by atomic mass is 9.94. The highest BCUT2D eigenvalue weighted by Crippen LogP contribution is 2.42. The predicted octanol–water partition coefficient (Wildman–Crippen LogP) is 4.39. The van der Waals surface area contributed by atoms with Crippen LogP contribution < -0.4 is 5.73 Å². The van der Waals surface area contributed by atoms with Crippen molar-refractivity contribution in [3.05, 3.63) is 15.6 Å². The molecule has 1 aliphatic carbocycles. The maximum absolute atomic E-state index is 6.26. The van der Waals surface area contributed by atoms with Gasteiger partial charge in [0.25, 0.3) is 0 Å². The van der Waals surface area contributed by atoms with Crippen LogP contribution in [-0.2, 0) is 23.3 Å². The standard InChI is InChI=1S/C17H30N2OS/c1-4-20-17(9-7-5-6-8-10-17)16-19-14(11-13(2)3)15(12-18)21-16/h13H,4-12,18H2,1-3H3. The third-order valence-electron chi connectivity index (χ3n) is 4.29. The normalized spacial score (nSPS) is 18.9. The maximum Gasteiger partial charge on any atom is 0.125 e. The summed E-state index contributed by atoms with van der Waals surface area (Å²) >= 11 is 1.79. The van der Waals surface area contributed by atoms with Gasteiger partial charge in [0.15, 0.2) is 0 Å². The van der Waals surface area contributed by atoms with Crippen LogP contribution in [0.2, 0.25) is 0 Å². The Hall–Kier alpha value is -0.450. The SMILES string of the molecule is CCOC1(c2nc(CC(C)C)c(CN)s2)CCCCCC1. The van der Waals surface area contributed by atoms with Gasteiger partial charge in [0.2, 0.25) is 0 Å². The topological polar surface area (TPSA) is 48.1 Å². The molecule has 0 unspecified atom stereocenters. The molecule has 4 heteroatoms. The first-order chi connectivity index (χ1) is 10.1. The fraction of sp³-hybridized carbons (Fsp3) is 0.824. The average Bonchev–Trinajstić information content (AvgIpc) is 2.69. The Balaban J connectivity index is 2.33. The van der Waals surface area contributed by atoms with Crippen molar-refractivity contribution in [1.29, 1.82) is 0 Å². The van der Waals surface area contributed by atoms with Crippen LogP contribution in [0.25, 0.3) is 0 Å². The smallest absolute Gasteiger partial charge is 0.125 e. The zero-order valence-corrected chi connectivity index (χ0v) is 14.6. The van der Waals surface area contributed by atoms with Crippen molar-refractivity contribution in [2.75, 3.05) is 6.61 Å². The molecule has 1 aromatic rings. The number of rotatable bonds is 6. The monoisotopic (exact) mass is 310 g/mol. The van der Waals surface area contributed by atoms with Crippen LogP contribution in [-0.4, -0.2) is 11.6 Å². The summed E-state index contributed by atoms with van der Waals surface area (Å²) in [7, 11) is 0. The molecule has 1 aromatic heterocycles. The van der Waals surface area contributed by atoms with E-state index in [-0.39, 0.29) is 5.60 Å². The van der Waals surface area contributed by atoms with E-state index in [2.05, 4.69) is 20.8 Å². The quantitative estimate of drug-likeness (QED) is 0.793. The molecular formula is C17H30N2OS. The fourth-order valence-corrected chi connectivity index (χ4v) is 4.45. The van der Waals surface area contributed by atoms with Gasteiger partial charge in [-0.15, -0.1) is 11.3 Å². The van der Waals surface area contributed by atoms with Gasteiger partial charge < -0.3 is 10.5 Å². The van der Waals surface area contributed by atoms with E-state index in [1.165, 1.54) is 41.3 Å². The molecule has 0 atom stereocenters. The van der Waals surface area contributed by atoms with Crippen molar-refractivity contribution >= 4 is 11.3 Å². The summed E-state index contributed by atoms with van der Waals surface area (Å²) in [5.74, 6) is 0.613. The van der Waals surface area contributed by atoms with Crippen LogP contribution >= 0.6 is 11.3 Å². The van der Waals surface area contributed by atoms with Crippen molar-refractivity contribution in [3.8, 4) is 0 Å². The molecule has 2 N–H and O–H groups in total. The molecule has 0 spiro atoms. The number of hydrogen-bond donors (Lipinski definition) is 1. The molecule has 120 valence electrons. The number of hydrogen-bond acceptors (Lipinski definition) is 4. The van der Waals surface area contributed by atoms with E-state index in [1.807, 2.05) is 0 Å². The number of nitrogens with zero attached hydrogens (tertiary/aromatic N) is 1. The first kappa shape index (κ1) is 16.9. The molecule has 2 rings (SSSR count). The molecule has 1 saturated carbocycles. The van der Waals surface area contributed by atoms with E-state index in [4.69, 9.17) is 15.5 Å². The summed E-state index contributed by atoms with van der Waals surface area (Å²) in [6.45, 7) is 7.94. The molecule has 0 aliphatic heterocycles. The number of aromatic nitrogens is 1. The summed E-state index contributed by atoms with van der Waals surface area (Å²) < 4.78 is 6.26. The van der Waals surface area contributed by atoms with Gasteiger partial charge >= 0.3 is 0 Å². The van der Waals surface area contributed by atoms with Crippen molar-refractivity contribution in [1.82, 2.24) is 4.98 Å². The maximum atomic E-state index is 6.26. The van der Waals surface area contributed by atoms with Crippen LogP contribution in [0, 0.1) is 5.92 Å². The van der Waals surface area contributed by atoms with E-state index < -0.39 is 0 Å². The largest absolute Gasteiger partial charge is 0.368 e. The summed E-state index contributed by atoms with van der Waals surface area (Å²) in [5, 5.41) is 1.18. The second-order valence-electron chi connectivity index (χ2n) is 6.53. The summed E-state index contributed by atoms with van der Waals surface area (Å²) in [6, 6.07) is 0. The van der Waals surface area contributed by atoms with Gasteiger partial charge in [0.1, 0.15) is 10.6 Å². The molecule has 3 nitrogen and oxygen atoms in total. The van der Waals surface area contributed by atoms with Gasteiger partial charge in [-0.05, 0) is 32.1 Å². The van der Waals surface area contributed by atoms with Gasteiger partial charge in [-0.2, -0.15) is 0 Å². The lowest BCUT2D eigenvalue weighted by molar-refractivity contribution is -0.0560. The second kappa shape index (κ2) is 7.70. The molecule has 1 aliphatic rings. The lowest BCUT2D eigenvalue weighted by Crippen LogP contribution is -2.29. The predicted molar refractivity (Wildman–Crippen MR) is 89.6 cm³/mol. The average molecular weight is 311 g/mol. The van der Waals surface area contributed by atoms with Gasteiger partial charge in [-0.1, -0.05) is 39.5 Å². The zero-order valence-electron chi connectivity index (χ0n) is 13.8. The Bertz CT molecular complexity index is 434. The second-order valence-corrected chi connectivity index (χ2v) is 7.62. The Morgan fingerprint density at radius 2 is 1.90 bits per heavy atom. The van der Waals surface area contributed by atoms with Crippen molar-refractivity contribution in [2.45, 2.75) is 77.9 Å². The highest BCUT2D eigenvalue weighted by atomic mass is 32.1. The van der Waals surface area contributed by atoms with Gasteiger partial charge in [-0.25, -0.2) is 4.98 Å². The zero-order chi connectivity index (χ0) is 15.3. The van der Waals surface area contributed by atoms with Crippen LogP contribution in [0.5, 0.6) is 0 Å².